The summed E-state index contributed by atoms with van der Waals surface area (Å²) in [4.78, 5) is 15.7. The van der Waals surface area contributed by atoms with Gasteiger partial charge in [-0.1, -0.05) is 24.9 Å². The quantitative estimate of drug-likeness (QED) is 0.787. The van der Waals surface area contributed by atoms with Gasteiger partial charge in [0.05, 0.1) is 22.9 Å². The highest BCUT2D eigenvalue weighted by atomic mass is 35.5. The third kappa shape index (κ3) is 3.05. The van der Waals surface area contributed by atoms with Gasteiger partial charge in [0.15, 0.2) is 0 Å². The van der Waals surface area contributed by atoms with Crippen molar-refractivity contribution in [1.82, 2.24) is 10.2 Å². The van der Waals surface area contributed by atoms with Crippen molar-refractivity contribution in [2.45, 2.75) is 56.9 Å². The molecule has 0 saturated carbocycles. The number of hydrogen-bond acceptors (Lipinski definition) is 4. The lowest BCUT2D eigenvalue weighted by molar-refractivity contribution is 0.0513. The topological polar surface area (TPSA) is 67.6 Å². The van der Waals surface area contributed by atoms with Gasteiger partial charge in [0.25, 0.3) is 5.91 Å². The summed E-state index contributed by atoms with van der Waals surface area (Å²) < 4.78 is 5.95. The van der Waals surface area contributed by atoms with E-state index < -0.39 is 0 Å². The van der Waals surface area contributed by atoms with Crippen molar-refractivity contribution in [3.8, 4) is 5.75 Å². The first-order chi connectivity index (χ1) is 12.5. The van der Waals surface area contributed by atoms with E-state index in [4.69, 9.17) is 22.1 Å². The van der Waals surface area contributed by atoms with E-state index in [1.54, 1.807) is 6.07 Å². The maximum Gasteiger partial charge on any atom is 0.255 e. The second-order valence-electron chi connectivity index (χ2n) is 8.01. The van der Waals surface area contributed by atoms with Gasteiger partial charge in [0, 0.05) is 30.7 Å². The highest BCUT2D eigenvalue weighted by Gasteiger charge is 2.41. The standard InChI is InChI=1S/C20H28ClN3O2/c1-2-3-13-4-11-26-18-14(12-15(21)17(22)16(13)18)19(25)23-20-5-8-24(9-6-20)10-7-20/h12-13H,2-11,22H2,1H3,(H,23,25). The number of carbonyl (C=O) groups is 1. The molecule has 1 unspecified atom stereocenters. The van der Waals surface area contributed by atoms with E-state index in [0.717, 1.165) is 63.7 Å². The molecule has 1 atom stereocenters. The highest BCUT2D eigenvalue weighted by molar-refractivity contribution is 6.33. The minimum Gasteiger partial charge on any atom is -0.492 e. The summed E-state index contributed by atoms with van der Waals surface area (Å²) in [6, 6.07) is 1.69. The van der Waals surface area contributed by atoms with Crippen molar-refractivity contribution in [1.29, 1.82) is 0 Å². The molecular formula is C20H28ClN3O2. The molecule has 5 nitrogen and oxygen atoms in total. The summed E-state index contributed by atoms with van der Waals surface area (Å²) in [5.74, 6) is 0.888. The number of nitrogen functional groups attached to an aromatic ring is 1. The van der Waals surface area contributed by atoms with Gasteiger partial charge in [0.1, 0.15) is 5.75 Å². The summed E-state index contributed by atoms with van der Waals surface area (Å²) in [7, 11) is 0. The smallest absolute Gasteiger partial charge is 0.255 e. The van der Waals surface area contributed by atoms with Crippen LogP contribution in [0.5, 0.6) is 5.75 Å². The minimum absolute atomic E-state index is 0.0735. The Balaban J connectivity index is 1.67. The molecule has 4 heterocycles. The molecule has 1 aromatic carbocycles. The van der Waals surface area contributed by atoms with Gasteiger partial charge in [-0.25, -0.2) is 0 Å². The van der Waals surface area contributed by atoms with Crippen molar-refractivity contribution in [2.24, 2.45) is 0 Å². The van der Waals surface area contributed by atoms with E-state index in [0.29, 0.717) is 34.5 Å². The average Bonchev–Trinajstić information content (AvgIpc) is 2.66. The van der Waals surface area contributed by atoms with Gasteiger partial charge in [-0.15, -0.1) is 0 Å². The first kappa shape index (κ1) is 17.9. The number of anilines is 1. The minimum atomic E-state index is -0.0793. The zero-order valence-electron chi connectivity index (χ0n) is 15.4. The molecule has 6 heteroatoms. The molecule has 0 aliphatic carbocycles. The van der Waals surface area contributed by atoms with Crippen molar-refractivity contribution < 1.29 is 9.53 Å². The van der Waals surface area contributed by atoms with Crippen molar-refractivity contribution >= 4 is 23.2 Å². The summed E-state index contributed by atoms with van der Waals surface area (Å²) in [6.07, 6.45) is 6.07. The maximum atomic E-state index is 13.2. The Hall–Kier alpha value is -1.46. The molecule has 1 aromatic rings. The molecule has 1 amide bonds. The Morgan fingerprint density at radius 1 is 1.38 bits per heavy atom. The first-order valence-corrected chi connectivity index (χ1v) is 10.2. The lowest BCUT2D eigenvalue weighted by Gasteiger charge is -2.48. The number of rotatable bonds is 4. The molecule has 0 spiro atoms. The van der Waals surface area contributed by atoms with Crippen molar-refractivity contribution in [3.63, 3.8) is 0 Å². The number of carbonyl (C=O) groups excluding carboxylic acids is 1. The lowest BCUT2D eigenvalue weighted by Crippen LogP contribution is -2.61. The fourth-order valence-electron chi connectivity index (χ4n) is 4.80. The van der Waals surface area contributed by atoms with E-state index in [2.05, 4.69) is 17.1 Å². The van der Waals surface area contributed by atoms with E-state index in [-0.39, 0.29) is 11.4 Å². The van der Waals surface area contributed by atoms with E-state index in [1.807, 2.05) is 0 Å². The van der Waals surface area contributed by atoms with Crippen LogP contribution in [0, 0.1) is 0 Å². The molecule has 4 aliphatic heterocycles. The number of halogens is 1. The van der Waals surface area contributed by atoms with Crippen LogP contribution in [0.3, 0.4) is 0 Å². The molecule has 4 aliphatic rings. The number of amides is 1. The molecule has 0 aromatic heterocycles. The predicted octanol–water partition coefficient (Wildman–Crippen LogP) is 3.56. The molecule has 5 rings (SSSR count). The van der Waals surface area contributed by atoms with Gasteiger partial charge < -0.3 is 20.7 Å². The number of benzene rings is 1. The van der Waals surface area contributed by atoms with E-state index in [1.165, 1.54) is 0 Å². The van der Waals surface area contributed by atoms with Crippen LogP contribution in [0.2, 0.25) is 5.02 Å². The summed E-state index contributed by atoms with van der Waals surface area (Å²) in [5, 5.41) is 3.79. The molecule has 3 fully saturated rings. The third-order valence-corrected chi connectivity index (χ3v) is 6.72. The summed E-state index contributed by atoms with van der Waals surface area (Å²) >= 11 is 6.41. The lowest BCUT2D eigenvalue weighted by atomic mass is 9.79. The van der Waals surface area contributed by atoms with Crippen LogP contribution in [0.15, 0.2) is 6.07 Å². The highest BCUT2D eigenvalue weighted by Crippen LogP contribution is 2.45. The second kappa shape index (κ2) is 6.93. The van der Waals surface area contributed by atoms with Crippen LogP contribution in [0.4, 0.5) is 5.69 Å². The molecular weight excluding hydrogens is 350 g/mol. The number of ether oxygens (including phenoxy) is 1. The zero-order chi connectivity index (χ0) is 18.3. The van der Waals surface area contributed by atoms with Gasteiger partial charge in [0.2, 0.25) is 0 Å². The van der Waals surface area contributed by atoms with Crippen LogP contribution in [0.1, 0.15) is 67.3 Å². The zero-order valence-corrected chi connectivity index (χ0v) is 16.2. The molecule has 26 heavy (non-hydrogen) atoms. The normalized spacial score (nSPS) is 29.8. The van der Waals surface area contributed by atoms with Crippen LogP contribution in [0.25, 0.3) is 0 Å². The number of hydrogen-bond donors (Lipinski definition) is 2. The Bertz CT molecular complexity index is 700. The number of nitrogens with two attached hydrogens (primary N) is 1. The Morgan fingerprint density at radius 3 is 2.73 bits per heavy atom. The SMILES string of the molecule is CCCC1CCOc2c(C(=O)NC34CCN(CC3)CC4)cc(Cl)c(N)c21. The van der Waals surface area contributed by atoms with Crippen LogP contribution in [-0.4, -0.2) is 42.6 Å². The predicted molar refractivity (Wildman–Crippen MR) is 104 cm³/mol. The van der Waals surface area contributed by atoms with Gasteiger partial charge in [-0.05, 0) is 44.1 Å². The second-order valence-corrected chi connectivity index (χ2v) is 8.42. The largest absolute Gasteiger partial charge is 0.492 e. The number of fused-ring (bicyclic) bond motifs is 4. The van der Waals surface area contributed by atoms with Gasteiger partial charge in [-0.3, -0.25) is 4.79 Å². The average molecular weight is 378 g/mol. The molecule has 0 radical (unpaired) electrons. The fourth-order valence-corrected chi connectivity index (χ4v) is 5.01. The molecule has 2 bridgehead atoms. The third-order valence-electron chi connectivity index (χ3n) is 6.41. The van der Waals surface area contributed by atoms with Crippen LogP contribution >= 0.6 is 11.6 Å². The van der Waals surface area contributed by atoms with Crippen molar-refractivity contribution in [3.05, 3.63) is 22.2 Å². The summed E-state index contributed by atoms with van der Waals surface area (Å²) in [6.45, 7) is 5.99. The summed E-state index contributed by atoms with van der Waals surface area (Å²) in [5.41, 5.74) is 8.26. The molecule has 3 N–H and O–H groups in total. The molecule has 142 valence electrons. The Morgan fingerprint density at radius 2 is 2.08 bits per heavy atom. The fraction of sp³-hybridized carbons (Fsp3) is 0.650. The monoisotopic (exact) mass is 377 g/mol. The van der Waals surface area contributed by atoms with Crippen LogP contribution in [-0.2, 0) is 0 Å². The number of nitrogens with one attached hydrogen (secondary N) is 1. The van der Waals surface area contributed by atoms with E-state index >= 15 is 0 Å². The molecule has 3 saturated heterocycles. The Labute approximate surface area is 160 Å². The number of piperidine rings is 3. The Kier molecular flexibility index (Phi) is 4.78. The van der Waals surface area contributed by atoms with E-state index in [9.17, 15) is 4.79 Å². The van der Waals surface area contributed by atoms with Crippen molar-refractivity contribution in [2.75, 3.05) is 32.0 Å². The number of nitrogens with zero attached hydrogens (tertiary/aromatic N) is 1. The van der Waals surface area contributed by atoms with Gasteiger partial charge in [-0.2, -0.15) is 0 Å². The van der Waals surface area contributed by atoms with Crippen LogP contribution < -0.4 is 15.8 Å². The first-order valence-electron chi connectivity index (χ1n) is 9.82. The maximum absolute atomic E-state index is 13.2. The van der Waals surface area contributed by atoms with Gasteiger partial charge >= 0.3 is 0 Å².